The molecule has 2 aromatic rings. The van der Waals surface area contributed by atoms with E-state index in [0.717, 1.165) is 32.1 Å². The maximum atomic E-state index is 13.4. The van der Waals surface area contributed by atoms with Crippen molar-refractivity contribution in [2.45, 2.75) is 50.5 Å². The molecule has 144 valence electrons. The first kappa shape index (κ1) is 16.8. The standard InChI is InChI=1S/C19H26N6O2/c1-12-21-18(27)25(22-12)14-5-9-24(10-6-14)17(26)16-13-3-7-19(16,11-13)15-4-8-20-23(15)2/h4,8,13-14,16H,3,5-7,9-11H2,1-2H3,(H,21,22,27). The number of aromatic amines is 1. The average Bonchev–Trinajstić information content (AvgIpc) is 3.39. The third-order valence-corrected chi connectivity index (χ3v) is 7.13. The van der Waals surface area contributed by atoms with E-state index in [1.54, 1.807) is 11.6 Å². The van der Waals surface area contributed by atoms with Gasteiger partial charge in [-0.2, -0.15) is 10.2 Å². The zero-order valence-corrected chi connectivity index (χ0v) is 15.9. The molecule has 8 nitrogen and oxygen atoms in total. The lowest BCUT2D eigenvalue weighted by Crippen LogP contribution is -2.55. The Morgan fingerprint density at radius 1 is 1.30 bits per heavy atom. The molecular weight excluding hydrogens is 344 g/mol. The fourth-order valence-corrected chi connectivity index (χ4v) is 5.88. The van der Waals surface area contributed by atoms with E-state index in [1.165, 1.54) is 5.69 Å². The third-order valence-electron chi connectivity index (χ3n) is 7.13. The minimum absolute atomic E-state index is 0.0138. The van der Waals surface area contributed by atoms with Crippen LogP contribution < -0.4 is 5.69 Å². The first-order valence-electron chi connectivity index (χ1n) is 9.92. The van der Waals surface area contributed by atoms with Crippen LogP contribution >= 0.6 is 0 Å². The number of aromatic nitrogens is 5. The van der Waals surface area contributed by atoms with E-state index in [9.17, 15) is 9.59 Å². The quantitative estimate of drug-likeness (QED) is 0.878. The number of likely N-dealkylation sites (tertiary alicyclic amines) is 1. The van der Waals surface area contributed by atoms with Crippen molar-refractivity contribution in [3.8, 4) is 0 Å². The predicted molar refractivity (Wildman–Crippen MR) is 98.2 cm³/mol. The number of carbonyl (C=O) groups is 1. The second-order valence-electron chi connectivity index (χ2n) is 8.49. The summed E-state index contributed by atoms with van der Waals surface area (Å²) in [7, 11) is 1.98. The number of amides is 1. The zero-order valence-electron chi connectivity index (χ0n) is 15.9. The maximum Gasteiger partial charge on any atom is 0.343 e. The molecule has 1 saturated heterocycles. The first-order chi connectivity index (χ1) is 13.0. The highest BCUT2D eigenvalue weighted by atomic mass is 16.2. The van der Waals surface area contributed by atoms with Gasteiger partial charge in [-0.15, -0.1) is 0 Å². The Balaban J connectivity index is 1.31. The maximum absolute atomic E-state index is 13.4. The van der Waals surface area contributed by atoms with Gasteiger partial charge in [-0.3, -0.25) is 14.5 Å². The summed E-state index contributed by atoms with van der Waals surface area (Å²) in [6.07, 6.45) is 6.75. The molecule has 1 aliphatic heterocycles. The fourth-order valence-electron chi connectivity index (χ4n) is 5.88. The van der Waals surface area contributed by atoms with Crippen molar-refractivity contribution >= 4 is 5.91 Å². The van der Waals surface area contributed by atoms with E-state index < -0.39 is 0 Å². The Kier molecular flexibility index (Phi) is 3.61. The van der Waals surface area contributed by atoms with Gasteiger partial charge in [0.2, 0.25) is 5.91 Å². The minimum Gasteiger partial charge on any atom is -0.342 e. The number of rotatable bonds is 3. The molecule has 0 aromatic carbocycles. The molecule has 3 atom stereocenters. The lowest BCUT2D eigenvalue weighted by molar-refractivity contribution is -0.145. The minimum atomic E-state index is -0.149. The van der Waals surface area contributed by atoms with Crippen LogP contribution in [0.25, 0.3) is 0 Å². The lowest BCUT2D eigenvalue weighted by Gasteiger charge is -2.48. The van der Waals surface area contributed by atoms with Crippen molar-refractivity contribution in [1.29, 1.82) is 0 Å². The molecule has 0 spiro atoms. The molecule has 2 aromatic heterocycles. The van der Waals surface area contributed by atoms with E-state index >= 15 is 0 Å². The van der Waals surface area contributed by atoms with E-state index in [0.29, 0.717) is 30.7 Å². The molecule has 1 N–H and O–H groups in total. The van der Waals surface area contributed by atoms with E-state index in [4.69, 9.17) is 0 Å². The van der Waals surface area contributed by atoms with Crippen LogP contribution in [-0.2, 0) is 17.3 Å². The zero-order chi connectivity index (χ0) is 18.8. The van der Waals surface area contributed by atoms with Crippen LogP contribution in [0.5, 0.6) is 0 Å². The summed E-state index contributed by atoms with van der Waals surface area (Å²) in [5, 5.41) is 8.63. The Morgan fingerprint density at radius 2 is 2.07 bits per heavy atom. The van der Waals surface area contributed by atoms with Gasteiger partial charge >= 0.3 is 5.69 Å². The van der Waals surface area contributed by atoms with Gasteiger partial charge in [-0.1, -0.05) is 0 Å². The van der Waals surface area contributed by atoms with Crippen LogP contribution in [-0.4, -0.2) is 48.4 Å². The number of hydrogen-bond acceptors (Lipinski definition) is 4. The fraction of sp³-hybridized carbons (Fsp3) is 0.684. The van der Waals surface area contributed by atoms with E-state index in [2.05, 4.69) is 21.2 Å². The Bertz CT molecular complexity index is 930. The topological polar surface area (TPSA) is 88.8 Å². The lowest BCUT2D eigenvalue weighted by atomic mass is 9.58. The monoisotopic (exact) mass is 370 g/mol. The van der Waals surface area contributed by atoms with Gasteiger partial charge in [0.15, 0.2) is 0 Å². The van der Waals surface area contributed by atoms with Crippen molar-refractivity contribution in [3.05, 3.63) is 34.3 Å². The molecule has 27 heavy (non-hydrogen) atoms. The Morgan fingerprint density at radius 3 is 2.67 bits per heavy atom. The summed E-state index contributed by atoms with van der Waals surface area (Å²) in [5.74, 6) is 1.55. The van der Waals surface area contributed by atoms with Gasteiger partial charge in [0.1, 0.15) is 5.82 Å². The first-order valence-corrected chi connectivity index (χ1v) is 9.92. The summed E-state index contributed by atoms with van der Waals surface area (Å²) in [6, 6.07) is 2.16. The smallest absolute Gasteiger partial charge is 0.342 e. The van der Waals surface area contributed by atoms with Crippen molar-refractivity contribution < 1.29 is 4.79 Å². The highest BCUT2D eigenvalue weighted by molar-refractivity contribution is 5.83. The molecule has 8 heteroatoms. The van der Waals surface area contributed by atoms with Crippen LogP contribution in [0, 0.1) is 18.8 Å². The van der Waals surface area contributed by atoms with E-state index in [1.807, 2.05) is 22.8 Å². The summed E-state index contributed by atoms with van der Waals surface area (Å²) in [6.45, 7) is 3.19. The van der Waals surface area contributed by atoms with Gasteiger partial charge < -0.3 is 4.90 Å². The molecule has 1 amide bonds. The molecule has 0 radical (unpaired) electrons. The largest absolute Gasteiger partial charge is 0.343 e. The number of piperidine rings is 1. The normalized spacial score (nSPS) is 30.5. The van der Waals surface area contributed by atoms with Crippen LogP contribution in [0.3, 0.4) is 0 Å². The molecule has 3 heterocycles. The number of fused-ring (bicyclic) bond motifs is 1. The van der Waals surface area contributed by atoms with Crippen molar-refractivity contribution in [2.24, 2.45) is 18.9 Å². The molecule has 6 rings (SSSR count). The van der Waals surface area contributed by atoms with Gasteiger partial charge in [0.05, 0.1) is 12.0 Å². The Hall–Kier alpha value is -2.38. The molecule has 4 fully saturated rings. The number of H-pyrrole nitrogens is 1. The van der Waals surface area contributed by atoms with Gasteiger partial charge in [-0.05, 0) is 51.0 Å². The number of aryl methyl sites for hydroxylation is 2. The summed E-state index contributed by atoms with van der Waals surface area (Å²) >= 11 is 0. The van der Waals surface area contributed by atoms with Crippen molar-refractivity contribution in [1.82, 2.24) is 29.4 Å². The van der Waals surface area contributed by atoms with Crippen LogP contribution in [0.1, 0.15) is 49.7 Å². The van der Waals surface area contributed by atoms with Crippen molar-refractivity contribution in [2.75, 3.05) is 13.1 Å². The van der Waals surface area contributed by atoms with Crippen LogP contribution in [0.2, 0.25) is 0 Å². The predicted octanol–water partition coefficient (Wildman–Crippen LogP) is 1.14. The highest BCUT2D eigenvalue weighted by Crippen LogP contribution is 2.64. The molecule has 3 unspecified atom stereocenters. The second kappa shape index (κ2) is 5.81. The molecule has 3 aliphatic carbocycles. The Labute approximate surface area is 157 Å². The summed E-state index contributed by atoms with van der Waals surface area (Å²) in [4.78, 5) is 30.1. The number of carbonyl (C=O) groups excluding carboxylic acids is 1. The third kappa shape index (κ3) is 2.34. The van der Waals surface area contributed by atoms with Crippen LogP contribution in [0.4, 0.5) is 0 Å². The van der Waals surface area contributed by atoms with Crippen molar-refractivity contribution in [3.63, 3.8) is 0 Å². The van der Waals surface area contributed by atoms with Crippen LogP contribution in [0.15, 0.2) is 17.1 Å². The molecular formula is C19H26N6O2. The molecule has 2 bridgehead atoms. The van der Waals surface area contributed by atoms with Gasteiger partial charge in [0, 0.05) is 37.4 Å². The SMILES string of the molecule is Cc1nn(C2CCN(C(=O)C3C4CCC3(c3ccnn3C)C4)CC2)c(=O)[nH]1. The van der Waals surface area contributed by atoms with Gasteiger partial charge in [0.25, 0.3) is 0 Å². The summed E-state index contributed by atoms with van der Waals surface area (Å²) in [5.41, 5.74) is 1.05. The van der Waals surface area contributed by atoms with Gasteiger partial charge in [-0.25, -0.2) is 9.48 Å². The summed E-state index contributed by atoms with van der Waals surface area (Å²) < 4.78 is 3.50. The average molecular weight is 370 g/mol. The van der Waals surface area contributed by atoms with E-state index in [-0.39, 0.29) is 23.1 Å². The molecule has 4 aliphatic rings. The number of nitrogens with one attached hydrogen (secondary N) is 1. The number of nitrogens with zero attached hydrogens (tertiary/aromatic N) is 5. The highest BCUT2D eigenvalue weighted by Gasteiger charge is 2.64. The number of hydrogen-bond donors (Lipinski definition) is 1. The second-order valence-corrected chi connectivity index (χ2v) is 8.49. The molecule has 3 saturated carbocycles.